The Kier molecular flexibility index (Phi) is 4.81. The molecule has 0 radical (unpaired) electrons. The van der Waals surface area contributed by atoms with E-state index in [4.69, 9.17) is 5.73 Å². The van der Waals surface area contributed by atoms with E-state index in [9.17, 15) is 0 Å². The number of nitrogens with one attached hydrogen (secondary N) is 1. The quantitative estimate of drug-likeness (QED) is 0.874. The molecule has 1 aromatic heterocycles. The molecule has 0 spiro atoms. The molecule has 1 unspecified atom stereocenters. The number of H-pyrrole nitrogens is 1. The lowest BCUT2D eigenvalue weighted by atomic mass is 10.1. The molecule has 0 saturated carbocycles. The number of piperazine rings is 1. The van der Waals surface area contributed by atoms with Crippen LogP contribution in [0.2, 0.25) is 0 Å². The van der Waals surface area contributed by atoms with Gasteiger partial charge in [0, 0.05) is 38.4 Å². The van der Waals surface area contributed by atoms with E-state index in [0.717, 1.165) is 42.3 Å². The largest absolute Gasteiger partial charge is 0.369 e. The number of hydrogen-bond acceptors (Lipinski definition) is 4. The van der Waals surface area contributed by atoms with Crippen molar-refractivity contribution in [3.8, 4) is 0 Å². The van der Waals surface area contributed by atoms with Crippen LogP contribution in [-0.2, 0) is 0 Å². The third kappa shape index (κ3) is 3.19. The Bertz CT molecular complexity index is 604. The van der Waals surface area contributed by atoms with Crippen LogP contribution >= 0.6 is 15.9 Å². The molecule has 1 aliphatic heterocycles. The number of nitrogens with zero attached hydrogens (tertiary/aromatic N) is 3. The van der Waals surface area contributed by atoms with Crippen LogP contribution in [0, 0.1) is 6.92 Å². The number of hydrogen-bond donors (Lipinski definition) is 2. The van der Waals surface area contributed by atoms with Crippen molar-refractivity contribution in [2.45, 2.75) is 13.0 Å². The molecule has 3 N–H and O–H groups in total. The van der Waals surface area contributed by atoms with E-state index in [1.807, 2.05) is 6.92 Å². The van der Waals surface area contributed by atoms with Gasteiger partial charge < -0.3 is 15.6 Å². The fourth-order valence-corrected chi connectivity index (χ4v) is 3.71. The summed E-state index contributed by atoms with van der Waals surface area (Å²) < 4.78 is 0.880. The van der Waals surface area contributed by atoms with Crippen LogP contribution in [0.1, 0.15) is 17.6 Å². The third-order valence-electron chi connectivity index (χ3n) is 4.24. The molecule has 0 aliphatic carbocycles. The minimum atomic E-state index is 0.188. The van der Waals surface area contributed by atoms with Gasteiger partial charge in [-0.15, -0.1) is 0 Å². The van der Waals surface area contributed by atoms with Crippen molar-refractivity contribution in [2.24, 2.45) is 5.73 Å². The van der Waals surface area contributed by atoms with Crippen molar-refractivity contribution in [1.29, 1.82) is 0 Å². The lowest BCUT2D eigenvalue weighted by molar-refractivity contribution is 0.186. The number of anilines is 1. The fraction of sp³-hybridized carbons (Fsp3) is 0.438. The van der Waals surface area contributed by atoms with Crippen molar-refractivity contribution >= 4 is 21.6 Å². The molecule has 2 aromatic rings. The summed E-state index contributed by atoms with van der Waals surface area (Å²) in [6, 6.07) is 10.8. The predicted molar refractivity (Wildman–Crippen MR) is 93.0 cm³/mol. The Hall–Kier alpha value is -1.37. The molecule has 118 valence electrons. The number of aromatic nitrogens is 2. The molecule has 0 bridgehead atoms. The minimum absolute atomic E-state index is 0.188. The Labute approximate surface area is 139 Å². The number of rotatable bonds is 4. The highest BCUT2D eigenvalue weighted by molar-refractivity contribution is 9.10. The molecule has 1 atom stereocenters. The maximum Gasteiger partial charge on any atom is 0.129 e. The van der Waals surface area contributed by atoms with Gasteiger partial charge in [0.15, 0.2) is 0 Å². The van der Waals surface area contributed by atoms with Gasteiger partial charge in [-0.3, -0.25) is 4.90 Å². The second kappa shape index (κ2) is 6.81. The maximum atomic E-state index is 6.04. The first-order valence-corrected chi connectivity index (χ1v) is 8.44. The molecule has 1 fully saturated rings. The van der Waals surface area contributed by atoms with E-state index >= 15 is 0 Å². The van der Waals surface area contributed by atoms with Gasteiger partial charge in [-0.2, -0.15) is 0 Å². The molecule has 22 heavy (non-hydrogen) atoms. The van der Waals surface area contributed by atoms with Crippen LogP contribution in [0.4, 0.5) is 5.69 Å². The molecule has 6 heteroatoms. The van der Waals surface area contributed by atoms with Crippen molar-refractivity contribution in [2.75, 3.05) is 37.6 Å². The third-order valence-corrected chi connectivity index (χ3v) is 4.84. The van der Waals surface area contributed by atoms with Gasteiger partial charge in [-0.1, -0.05) is 18.2 Å². The molecule has 2 heterocycles. The van der Waals surface area contributed by atoms with Crippen LogP contribution in [0.25, 0.3) is 0 Å². The van der Waals surface area contributed by atoms with Gasteiger partial charge in [0.1, 0.15) is 10.4 Å². The minimum Gasteiger partial charge on any atom is -0.369 e. The molecule has 1 aliphatic rings. The lowest BCUT2D eigenvalue weighted by Crippen LogP contribution is -2.49. The van der Waals surface area contributed by atoms with Crippen LogP contribution in [0.3, 0.4) is 0 Å². The standard InChI is InChI=1S/C16H22BrN5/c1-12-19-15(16(17)20-12)14(11-18)22-9-7-21(8-10-22)13-5-3-2-4-6-13/h2-6,14H,7-11,18H2,1H3,(H,19,20). The first-order chi connectivity index (χ1) is 10.7. The highest BCUT2D eigenvalue weighted by atomic mass is 79.9. The van der Waals surface area contributed by atoms with Crippen molar-refractivity contribution in [1.82, 2.24) is 14.9 Å². The zero-order valence-electron chi connectivity index (χ0n) is 12.8. The Morgan fingerprint density at radius 3 is 2.45 bits per heavy atom. The summed E-state index contributed by atoms with van der Waals surface area (Å²) in [5.74, 6) is 0.920. The van der Waals surface area contributed by atoms with Crippen LogP contribution in [-0.4, -0.2) is 47.6 Å². The van der Waals surface area contributed by atoms with Gasteiger partial charge in [0.05, 0.1) is 11.7 Å². The van der Waals surface area contributed by atoms with Gasteiger partial charge in [0.25, 0.3) is 0 Å². The normalized spacial score (nSPS) is 17.7. The van der Waals surface area contributed by atoms with E-state index in [0.29, 0.717) is 6.54 Å². The maximum absolute atomic E-state index is 6.04. The molecule has 1 saturated heterocycles. The molecule has 3 rings (SSSR count). The number of benzene rings is 1. The van der Waals surface area contributed by atoms with Gasteiger partial charge >= 0.3 is 0 Å². The zero-order valence-corrected chi connectivity index (χ0v) is 14.4. The molecule has 0 amide bonds. The summed E-state index contributed by atoms with van der Waals surface area (Å²) >= 11 is 3.54. The van der Waals surface area contributed by atoms with Gasteiger partial charge in [0.2, 0.25) is 0 Å². The van der Waals surface area contributed by atoms with Gasteiger partial charge in [-0.05, 0) is 35.0 Å². The van der Waals surface area contributed by atoms with E-state index < -0.39 is 0 Å². The van der Waals surface area contributed by atoms with E-state index in [-0.39, 0.29) is 6.04 Å². The monoisotopic (exact) mass is 363 g/mol. The smallest absolute Gasteiger partial charge is 0.129 e. The molecule has 1 aromatic carbocycles. The molecular weight excluding hydrogens is 342 g/mol. The average molecular weight is 364 g/mol. The predicted octanol–water partition coefficient (Wildman–Crippen LogP) is 2.30. The number of aromatic amines is 1. The highest BCUT2D eigenvalue weighted by Crippen LogP contribution is 2.27. The summed E-state index contributed by atoms with van der Waals surface area (Å²) in [4.78, 5) is 12.6. The number of nitrogens with two attached hydrogens (primary N) is 1. The number of halogens is 1. The van der Waals surface area contributed by atoms with E-state index in [1.54, 1.807) is 0 Å². The first-order valence-electron chi connectivity index (χ1n) is 7.65. The Morgan fingerprint density at radius 2 is 1.91 bits per heavy atom. The molecular formula is C16H22BrN5. The number of imidazole rings is 1. The van der Waals surface area contributed by atoms with Crippen molar-refractivity contribution < 1.29 is 0 Å². The van der Waals surface area contributed by atoms with Gasteiger partial charge in [-0.25, -0.2) is 4.98 Å². The van der Waals surface area contributed by atoms with Crippen molar-refractivity contribution in [3.05, 3.63) is 46.5 Å². The summed E-state index contributed by atoms with van der Waals surface area (Å²) in [5.41, 5.74) is 8.42. The Balaban J connectivity index is 1.68. The topological polar surface area (TPSA) is 61.2 Å². The number of para-hydroxylation sites is 1. The van der Waals surface area contributed by atoms with Crippen LogP contribution in [0.5, 0.6) is 0 Å². The Morgan fingerprint density at radius 1 is 1.23 bits per heavy atom. The van der Waals surface area contributed by atoms with E-state index in [2.05, 4.69) is 66.0 Å². The average Bonchev–Trinajstić information content (AvgIpc) is 2.88. The molecule has 5 nitrogen and oxygen atoms in total. The summed E-state index contributed by atoms with van der Waals surface area (Å²) in [5, 5.41) is 0. The lowest BCUT2D eigenvalue weighted by Gasteiger charge is -2.39. The first kappa shape index (κ1) is 15.5. The fourth-order valence-electron chi connectivity index (χ4n) is 3.08. The zero-order chi connectivity index (χ0) is 15.5. The highest BCUT2D eigenvalue weighted by Gasteiger charge is 2.27. The van der Waals surface area contributed by atoms with Crippen LogP contribution in [0.15, 0.2) is 34.9 Å². The van der Waals surface area contributed by atoms with Crippen LogP contribution < -0.4 is 10.6 Å². The summed E-state index contributed by atoms with van der Waals surface area (Å²) in [6.45, 7) is 6.60. The second-order valence-corrected chi connectivity index (χ2v) is 6.39. The SMILES string of the molecule is Cc1nc(Br)c(C(CN)N2CCN(c3ccccc3)CC2)[nH]1. The van der Waals surface area contributed by atoms with E-state index in [1.165, 1.54) is 5.69 Å². The second-order valence-electron chi connectivity index (χ2n) is 5.64. The summed E-state index contributed by atoms with van der Waals surface area (Å²) in [6.07, 6.45) is 0. The van der Waals surface area contributed by atoms with Crippen molar-refractivity contribution in [3.63, 3.8) is 0 Å². The number of aryl methyl sites for hydroxylation is 1. The summed E-state index contributed by atoms with van der Waals surface area (Å²) in [7, 11) is 0.